The standard InChI is InChI=1S/C22H25N3O4/c1-22(2,3)29-21(28)23-15-20(27)25-18-11-7-10-17(14-18)24-19(26)13-12-16-8-5-4-6-9-16/h4-14H,15H2,1-3H3,(H,23,28)(H,24,26)(H,25,27)/b13-12+. The van der Waals surface area contributed by atoms with E-state index in [1.807, 2.05) is 30.3 Å². The lowest BCUT2D eigenvalue weighted by Gasteiger charge is -2.19. The largest absolute Gasteiger partial charge is 0.444 e. The minimum atomic E-state index is -0.668. The highest BCUT2D eigenvalue weighted by Gasteiger charge is 2.16. The minimum Gasteiger partial charge on any atom is -0.444 e. The van der Waals surface area contributed by atoms with E-state index in [4.69, 9.17) is 4.74 Å². The first-order chi connectivity index (χ1) is 13.7. The summed E-state index contributed by atoms with van der Waals surface area (Å²) in [6.45, 7) is 4.98. The summed E-state index contributed by atoms with van der Waals surface area (Å²) in [5.41, 5.74) is 1.31. The van der Waals surface area contributed by atoms with Crippen molar-refractivity contribution < 1.29 is 19.1 Å². The van der Waals surface area contributed by atoms with Crippen molar-refractivity contribution in [2.45, 2.75) is 26.4 Å². The Morgan fingerprint density at radius 3 is 2.24 bits per heavy atom. The predicted octanol–water partition coefficient (Wildman–Crippen LogP) is 3.80. The Balaban J connectivity index is 1.85. The van der Waals surface area contributed by atoms with Crippen LogP contribution < -0.4 is 16.0 Å². The van der Waals surface area contributed by atoms with Gasteiger partial charge >= 0.3 is 6.09 Å². The van der Waals surface area contributed by atoms with Crippen LogP contribution in [-0.4, -0.2) is 30.1 Å². The molecule has 0 aliphatic carbocycles. The Hall–Kier alpha value is -3.61. The fourth-order valence-electron chi connectivity index (χ4n) is 2.27. The molecule has 2 aromatic rings. The number of benzene rings is 2. The van der Waals surface area contributed by atoms with Crippen LogP contribution in [0.2, 0.25) is 0 Å². The fraction of sp³-hybridized carbons (Fsp3) is 0.227. The molecule has 0 aromatic heterocycles. The van der Waals surface area contributed by atoms with E-state index in [2.05, 4.69) is 16.0 Å². The molecule has 152 valence electrons. The number of anilines is 2. The predicted molar refractivity (Wildman–Crippen MR) is 113 cm³/mol. The highest BCUT2D eigenvalue weighted by Crippen LogP contribution is 2.15. The smallest absolute Gasteiger partial charge is 0.408 e. The molecule has 0 fully saturated rings. The van der Waals surface area contributed by atoms with E-state index in [0.29, 0.717) is 11.4 Å². The van der Waals surface area contributed by atoms with Crippen LogP contribution in [0, 0.1) is 0 Å². The molecule has 0 atom stereocenters. The van der Waals surface area contributed by atoms with Crippen LogP contribution in [0.5, 0.6) is 0 Å². The second-order valence-electron chi connectivity index (χ2n) is 7.22. The molecule has 0 aliphatic heterocycles. The zero-order valence-electron chi connectivity index (χ0n) is 16.7. The number of hydrogen-bond acceptors (Lipinski definition) is 4. The molecule has 2 rings (SSSR count). The molecular weight excluding hydrogens is 370 g/mol. The van der Waals surface area contributed by atoms with Crippen molar-refractivity contribution in [2.75, 3.05) is 17.2 Å². The maximum atomic E-state index is 12.1. The molecular formula is C22H25N3O4. The number of amides is 3. The van der Waals surface area contributed by atoms with Gasteiger partial charge in [-0.15, -0.1) is 0 Å². The van der Waals surface area contributed by atoms with Gasteiger partial charge in [-0.2, -0.15) is 0 Å². The van der Waals surface area contributed by atoms with Crippen molar-refractivity contribution in [1.29, 1.82) is 0 Å². The van der Waals surface area contributed by atoms with Crippen LogP contribution in [0.25, 0.3) is 6.08 Å². The van der Waals surface area contributed by atoms with Gasteiger partial charge in [0.1, 0.15) is 12.1 Å². The first-order valence-electron chi connectivity index (χ1n) is 9.12. The van der Waals surface area contributed by atoms with E-state index in [-0.39, 0.29) is 12.5 Å². The molecule has 2 aromatic carbocycles. The molecule has 7 heteroatoms. The van der Waals surface area contributed by atoms with Crippen molar-refractivity contribution in [2.24, 2.45) is 0 Å². The van der Waals surface area contributed by atoms with Gasteiger partial charge in [-0.1, -0.05) is 36.4 Å². The van der Waals surface area contributed by atoms with E-state index < -0.39 is 17.6 Å². The number of nitrogens with one attached hydrogen (secondary N) is 3. The zero-order valence-corrected chi connectivity index (χ0v) is 16.7. The summed E-state index contributed by atoms with van der Waals surface area (Å²) in [5, 5.41) is 7.77. The second kappa shape index (κ2) is 10.1. The molecule has 0 aliphatic rings. The van der Waals surface area contributed by atoms with Crippen molar-refractivity contribution in [3.05, 3.63) is 66.2 Å². The summed E-state index contributed by atoms with van der Waals surface area (Å²) in [4.78, 5) is 35.6. The van der Waals surface area contributed by atoms with Gasteiger partial charge in [0.15, 0.2) is 0 Å². The molecule has 29 heavy (non-hydrogen) atoms. The van der Waals surface area contributed by atoms with Gasteiger partial charge in [0.25, 0.3) is 0 Å². The molecule has 3 N–H and O–H groups in total. The summed E-state index contributed by atoms with van der Waals surface area (Å²) in [7, 11) is 0. The highest BCUT2D eigenvalue weighted by atomic mass is 16.6. The molecule has 0 unspecified atom stereocenters. The van der Waals surface area contributed by atoms with Crippen molar-refractivity contribution in [3.63, 3.8) is 0 Å². The number of rotatable bonds is 6. The van der Waals surface area contributed by atoms with E-state index in [1.165, 1.54) is 6.08 Å². The van der Waals surface area contributed by atoms with E-state index >= 15 is 0 Å². The van der Waals surface area contributed by atoms with Crippen LogP contribution in [-0.2, 0) is 14.3 Å². The maximum absolute atomic E-state index is 12.1. The molecule has 0 saturated heterocycles. The van der Waals surface area contributed by atoms with Crippen molar-refractivity contribution in [1.82, 2.24) is 5.32 Å². The summed E-state index contributed by atoms with van der Waals surface area (Å²) in [5.74, 6) is -0.702. The topological polar surface area (TPSA) is 96.5 Å². The second-order valence-corrected chi connectivity index (χ2v) is 7.22. The Kier molecular flexibility index (Phi) is 7.54. The fourth-order valence-corrected chi connectivity index (χ4v) is 2.27. The third-order valence-electron chi connectivity index (χ3n) is 3.43. The van der Waals surface area contributed by atoms with Crippen molar-refractivity contribution >= 4 is 35.4 Å². The van der Waals surface area contributed by atoms with E-state index in [1.54, 1.807) is 51.1 Å². The molecule has 0 spiro atoms. The minimum absolute atomic E-state index is 0.231. The average molecular weight is 395 g/mol. The van der Waals surface area contributed by atoms with E-state index in [0.717, 1.165) is 5.56 Å². The van der Waals surface area contributed by atoms with Crippen LogP contribution in [0.1, 0.15) is 26.3 Å². The molecule has 7 nitrogen and oxygen atoms in total. The van der Waals surface area contributed by atoms with Gasteiger partial charge in [0.05, 0.1) is 0 Å². The summed E-state index contributed by atoms with van der Waals surface area (Å²) in [6.07, 6.45) is 2.48. The first kappa shape index (κ1) is 21.7. The SMILES string of the molecule is CC(C)(C)OC(=O)NCC(=O)Nc1cccc(NC(=O)/C=C/c2ccccc2)c1. The Bertz CT molecular complexity index is 886. The zero-order chi connectivity index (χ0) is 21.3. The summed E-state index contributed by atoms with van der Waals surface area (Å²) >= 11 is 0. The molecule has 0 bridgehead atoms. The molecule has 0 radical (unpaired) electrons. The quantitative estimate of drug-likeness (QED) is 0.648. The van der Waals surface area contributed by atoms with Gasteiger partial charge in [0, 0.05) is 17.5 Å². The van der Waals surface area contributed by atoms with E-state index in [9.17, 15) is 14.4 Å². The third kappa shape index (κ3) is 8.75. The number of hydrogen-bond donors (Lipinski definition) is 3. The number of carbonyl (C=O) groups is 3. The van der Waals surface area contributed by atoms with Gasteiger partial charge in [-0.25, -0.2) is 4.79 Å². The van der Waals surface area contributed by atoms with Crippen molar-refractivity contribution in [3.8, 4) is 0 Å². The van der Waals surface area contributed by atoms with Crippen LogP contribution in [0.15, 0.2) is 60.7 Å². The Morgan fingerprint density at radius 1 is 0.931 bits per heavy atom. The number of alkyl carbamates (subject to hydrolysis) is 1. The lowest BCUT2D eigenvalue weighted by Crippen LogP contribution is -2.37. The van der Waals surface area contributed by atoms with Crippen LogP contribution in [0.3, 0.4) is 0 Å². The summed E-state index contributed by atoms with van der Waals surface area (Å²) in [6, 6.07) is 16.2. The molecule has 0 heterocycles. The monoisotopic (exact) mass is 395 g/mol. The Labute approximate surface area is 170 Å². The number of carbonyl (C=O) groups excluding carboxylic acids is 3. The average Bonchev–Trinajstić information content (AvgIpc) is 2.64. The molecule has 3 amide bonds. The van der Waals surface area contributed by atoms with Crippen LogP contribution >= 0.6 is 0 Å². The van der Waals surface area contributed by atoms with Gasteiger partial charge in [-0.05, 0) is 50.6 Å². The van der Waals surface area contributed by atoms with Gasteiger partial charge in [-0.3, -0.25) is 9.59 Å². The lowest BCUT2D eigenvalue weighted by atomic mass is 10.2. The molecule has 0 saturated carbocycles. The Morgan fingerprint density at radius 2 is 1.59 bits per heavy atom. The third-order valence-corrected chi connectivity index (χ3v) is 3.43. The van der Waals surface area contributed by atoms with Gasteiger partial charge in [0.2, 0.25) is 11.8 Å². The highest BCUT2D eigenvalue weighted by molar-refractivity contribution is 6.02. The normalized spacial score (nSPS) is 11.0. The first-order valence-corrected chi connectivity index (χ1v) is 9.12. The lowest BCUT2D eigenvalue weighted by molar-refractivity contribution is -0.115. The number of ether oxygens (including phenoxy) is 1. The van der Waals surface area contributed by atoms with Gasteiger partial charge < -0.3 is 20.7 Å². The van der Waals surface area contributed by atoms with Crippen LogP contribution in [0.4, 0.5) is 16.2 Å². The summed E-state index contributed by atoms with van der Waals surface area (Å²) < 4.78 is 5.07. The maximum Gasteiger partial charge on any atom is 0.408 e.